The number of carbonyl (C=O) groups excluding carboxylic acids is 2. The third kappa shape index (κ3) is 5.10. The van der Waals surface area contributed by atoms with Gasteiger partial charge in [0.1, 0.15) is 0 Å². The molecule has 8 nitrogen and oxygen atoms in total. The van der Waals surface area contributed by atoms with E-state index in [2.05, 4.69) is 15.6 Å². The van der Waals surface area contributed by atoms with E-state index in [0.29, 0.717) is 6.54 Å². The molecule has 0 saturated heterocycles. The number of aryl methyl sites for hydroxylation is 1. The van der Waals surface area contributed by atoms with Crippen molar-refractivity contribution in [2.75, 3.05) is 13.1 Å². The zero-order valence-corrected chi connectivity index (χ0v) is 15.7. The van der Waals surface area contributed by atoms with Gasteiger partial charge in [-0.05, 0) is 24.6 Å². The van der Waals surface area contributed by atoms with E-state index in [9.17, 15) is 19.7 Å². The van der Waals surface area contributed by atoms with Crippen molar-refractivity contribution in [3.8, 4) is 0 Å². The Balaban J connectivity index is 1.39. The molecule has 3 aromatic rings. The van der Waals surface area contributed by atoms with Gasteiger partial charge >= 0.3 is 0 Å². The van der Waals surface area contributed by atoms with Crippen molar-refractivity contribution >= 4 is 39.1 Å². The van der Waals surface area contributed by atoms with Gasteiger partial charge in [0.15, 0.2) is 0 Å². The molecule has 2 N–H and O–H groups in total. The third-order valence-electron chi connectivity index (χ3n) is 3.96. The van der Waals surface area contributed by atoms with Crippen LogP contribution >= 0.6 is 11.3 Å². The molecule has 2 amide bonds. The fourth-order valence-electron chi connectivity index (χ4n) is 2.58. The largest absolute Gasteiger partial charge is 0.355 e. The second-order valence-electron chi connectivity index (χ2n) is 6.02. The molecule has 2 aromatic carbocycles. The van der Waals surface area contributed by atoms with Gasteiger partial charge < -0.3 is 10.6 Å². The first-order valence-electron chi connectivity index (χ1n) is 8.67. The third-order valence-corrected chi connectivity index (χ3v) is 5.05. The summed E-state index contributed by atoms with van der Waals surface area (Å²) in [5, 5.41) is 17.0. The molecule has 0 bridgehead atoms. The summed E-state index contributed by atoms with van der Waals surface area (Å²) in [6.07, 6.45) is 1.50. The normalized spacial score (nSPS) is 10.6. The van der Waals surface area contributed by atoms with Gasteiger partial charge in [-0.3, -0.25) is 19.7 Å². The number of benzene rings is 2. The van der Waals surface area contributed by atoms with Crippen molar-refractivity contribution in [3.05, 3.63) is 69.2 Å². The van der Waals surface area contributed by atoms with Gasteiger partial charge in [0, 0.05) is 30.7 Å². The summed E-state index contributed by atoms with van der Waals surface area (Å²) >= 11 is 1.64. The second-order valence-corrected chi connectivity index (χ2v) is 7.13. The van der Waals surface area contributed by atoms with Crippen LogP contribution in [0.2, 0.25) is 0 Å². The number of rotatable bonds is 8. The summed E-state index contributed by atoms with van der Waals surface area (Å²) < 4.78 is 1.14. The lowest BCUT2D eigenvalue weighted by atomic mass is 10.2. The molecule has 0 unspecified atom stereocenters. The van der Waals surface area contributed by atoms with Gasteiger partial charge in [0.25, 0.3) is 11.6 Å². The zero-order valence-electron chi connectivity index (χ0n) is 14.9. The van der Waals surface area contributed by atoms with Crippen LogP contribution in [0.25, 0.3) is 10.2 Å². The molecule has 9 heteroatoms. The van der Waals surface area contributed by atoms with E-state index in [0.717, 1.165) is 28.1 Å². The molecular formula is C19H18N4O4S. The highest BCUT2D eigenvalue weighted by Gasteiger charge is 2.12. The number of hydrogen-bond acceptors (Lipinski definition) is 6. The van der Waals surface area contributed by atoms with Crippen molar-refractivity contribution in [2.45, 2.75) is 12.8 Å². The number of nitrogens with one attached hydrogen (secondary N) is 2. The van der Waals surface area contributed by atoms with Gasteiger partial charge in [-0.25, -0.2) is 4.98 Å². The van der Waals surface area contributed by atoms with Crippen molar-refractivity contribution in [1.29, 1.82) is 0 Å². The highest BCUT2D eigenvalue weighted by Crippen LogP contribution is 2.22. The minimum atomic E-state index is -0.574. The molecule has 0 aliphatic heterocycles. The van der Waals surface area contributed by atoms with E-state index in [1.54, 1.807) is 11.3 Å². The highest BCUT2D eigenvalue weighted by atomic mass is 32.1. The Labute approximate surface area is 164 Å². The first-order valence-corrected chi connectivity index (χ1v) is 9.48. The zero-order chi connectivity index (χ0) is 19.9. The molecule has 1 aromatic heterocycles. The van der Waals surface area contributed by atoms with Crippen LogP contribution in [0.15, 0.2) is 48.5 Å². The molecule has 28 heavy (non-hydrogen) atoms. The summed E-state index contributed by atoms with van der Waals surface area (Å²) in [6.45, 7) is 0.282. The molecule has 144 valence electrons. The monoisotopic (exact) mass is 398 g/mol. The van der Waals surface area contributed by atoms with Crippen LogP contribution in [-0.2, 0) is 11.2 Å². The van der Waals surface area contributed by atoms with Crippen LogP contribution in [-0.4, -0.2) is 34.8 Å². The maximum atomic E-state index is 12.0. The van der Waals surface area contributed by atoms with E-state index in [1.807, 2.05) is 24.3 Å². The smallest absolute Gasteiger partial charge is 0.270 e. The lowest BCUT2D eigenvalue weighted by Crippen LogP contribution is -2.37. The number of thiazole rings is 1. The second kappa shape index (κ2) is 9.05. The number of para-hydroxylation sites is 1. The van der Waals surface area contributed by atoms with Gasteiger partial charge in [-0.1, -0.05) is 18.2 Å². The Bertz CT molecular complexity index is 985. The summed E-state index contributed by atoms with van der Waals surface area (Å²) in [5.74, 6) is -0.851. The van der Waals surface area contributed by atoms with E-state index >= 15 is 0 Å². The van der Waals surface area contributed by atoms with Crippen LogP contribution in [0.4, 0.5) is 5.69 Å². The van der Waals surface area contributed by atoms with Crippen LogP contribution in [0, 0.1) is 10.1 Å². The van der Waals surface area contributed by atoms with E-state index in [1.165, 1.54) is 24.3 Å². The van der Waals surface area contributed by atoms with Crippen molar-refractivity contribution in [2.24, 2.45) is 0 Å². The van der Waals surface area contributed by atoms with Gasteiger partial charge in [-0.2, -0.15) is 0 Å². The Kier molecular flexibility index (Phi) is 6.28. The molecule has 0 spiro atoms. The molecule has 0 fully saturated rings. The lowest BCUT2D eigenvalue weighted by molar-refractivity contribution is -0.384. The fourth-order valence-corrected chi connectivity index (χ4v) is 3.59. The first kappa shape index (κ1) is 19.4. The van der Waals surface area contributed by atoms with Crippen molar-refractivity contribution in [3.63, 3.8) is 0 Å². The van der Waals surface area contributed by atoms with Crippen molar-refractivity contribution < 1.29 is 14.5 Å². The summed E-state index contributed by atoms with van der Waals surface area (Å²) in [4.78, 5) is 38.6. The standard InChI is InChI=1S/C19H18N4O4S/c24-17(12-21-19(25)13-5-3-6-14(11-13)23(26)27)20-10-4-9-18-22-15-7-1-2-8-16(15)28-18/h1-3,5-8,11H,4,9-10,12H2,(H,20,24)(H,21,25). The average Bonchev–Trinajstić information content (AvgIpc) is 3.12. The highest BCUT2D eigenvalue weighted by molar-refractivity contribution is 7.18. The quantitative estimate of drug-likeness (QED) is 0.344. The number of nitrogens with zero attached hydrogens (tertiary/aromatic N) is 2. The number of nitro groups is 1. The average molecular weight is 398 g/mol. The minimum absolute atomic E-state index is 0.137. The van der Waals surface area contributed by atoms with E-state index in [-0.39, 0.29) is 23.7 Å². The molecule has 0 saturated carbocycles. The Morgan fingerprint density at radius 3 is 2.71 bits per heavy atom. The van der Waals surface area contributed by atoms with Gasteiger partial charge in [-0.15, -0.1) is 11.3 Å². The SMILES string of the molecule is O=C(CNC(=O)c1cccc([N+](=O)[O-])c1)NCCCc1nc2ccccc2s1. The number of non-ortho nitro benzene ring substituents is 1. The molecule has 3 rings (SSSR count). The molecule has 0 aliphatic rings. The molecule has 0 aliphatic carbocycles. The maximum absolute atomic E-state index is 12.0. The Morgan fingerprint density at radius 2 is 1.93 bits per heavy atom. The predicted octanol–water partition coefficient (Wildman–Crippen LogP) is 2.68. The van der Waals surface area contributed by atoms with E-state index < -0.39 is 10.8 Å². The van der Waals surface area contributed by atoms with Crippen LogP contribution in [0.1, 0.15) is 21.8 Å². The minimum Gasteiger partial charge on any atom is -0.355 e. The predicted molar refractivity (Wildman–Crippen MR) is 106 cm³/mol. The Morgan fingerprint density at radius 1 is 1.11 bits per heavy atom. The van der Waals surface area contributed by atoms with Crippen LogP contribution < -0.4 is 10.6 Å². The van der Waals surface area contributed by atoms with Gasteiger partial charge in [0.2, 0.25) is 5.91 Å². The number of nitro benzene ring substituents is 1. The summed E-state index contributed by atoms with van der Waals surface area (Å²) in [6, 6.07) is 13.3. The number of amides is 2. The topological polar surface area (TPSA) is 114 Å². The molecular weight excluding hydrogens is 380 g/mol. The first-order chi connectivity index (χ1) is 13.5. The number of aromatic nitrogens is 1. The molecule has 0 radical (unpaired) electrons. The molecule has 1 heterocycles. The lowest BCUT2D eigenvalue weighted by Gasteiger charge is -2.06. The number of fused-ring (bicyclic) bond motifs is 1. The molecule has 0 atom stereocenters. The van der Waals surface area contributed by atoms with Crippen molar-refractivity contribution in [1.82, 2.24) is 15.6 Å². The summed E-state index contributed by atoms with van der Waals surface area (Å²) in [7, 11) is 0. The van der Waals surface area contributed by atoms with E-state index in [4.69, 9.17) is 0 Å². The van der Waals surface area contributed by atoms with Gasteiger partial charge in [0.05, 0.1) is 26.7 Å². The Hall–Kier alpha value is -3.33. The van der Waals surface area contributed by atoms with Crippen LogP contribution in [0.5, 0.6) is 0 Å². The summed E-state index contributed by atoms with van der Waals surface area (Å²) in [5.41, 5.74) is 0.945. The number of carbonyl (C=O) groups is 2. The fraction of sp³-hybridized carbons (Fsp3) is 0.211. The number of hydrogen-bond donors (Lipinski definition) is 2. The van der Waals surface area contributed by atoms with Crippen LogP contribution in [0.3, 0.4) is 0 Å². The maximum Gasteiger partial charge on any atom is 0.270 e.